The molecule has 2 N–H and O–H groups in total. The number of aryl methyl sites for hydroxylation is 1. The number of aromatic nitrogens is 3. The Kier molecular flexibility index (Phi) is 8.64. The molecule has 11 nitrogen and oxygen atoms in total. The zero-order valence-electron chi connectivity index (χ0n) is 24.9. The van der Waals surface area contributed by atoms with Crippen LogP contribution in [0.15, 0.2) is 50.7 Å². The van der Waals surface area contributed by atoms with Crippen LogP contribution < -0.4 is 16.0 Å². The molecule has 43 heavy (non-hydrogen) atoms. The molecule has 3 heterocycles. The molecule has 0 unspecified atom stereocenters. The molecule has 1 aliphatic rings. The van der Waals surface area contributed by atoms with Crippen molar-refractivity contribution in [3.05, 3.63) is 68.7 Å². The minimum Gasteiger partial charge on any atom is -0.491 e. The predicted octanol–water partition coefficient (Wildman–Crippen LogP) is 4.86. The van der Waals surface area contributed by atoms with E-state index >= 15 is 0 Å². The summed E-state index contributed by atoms with van der Waals surface area (Å²) in [6.07, 6.45) is 4.05. The van der Waals surface area contributed by atoms with Gasteiger partial charge in [-0.05, 0) is 71.9 Å². The number of ether oxygens (including phenoxy) is 2. The van der Waals surface area contributed by atoms with Gasteiger partial charge < -0.3 is 24.1 Å². The number of para-hydroxylation sites is 1. The van der Waals surface area contributed by atoms with Crippen molar-refractivity contribution in [3.63, 3.8) is 0 Å². The van der Waals surface area contributed by atoms with E-state index < -0.39 is 28.9 Å². The Morgan fingerprint density at radius 2 is 1.88 bits per heavy atom. The maximum absolute atomic E-state index is 14.2. The highest BCUT2D eigenvalue weighted by atomic mass is 32.1. The number of rotatable bonds is 10. The van der Waals surface area contributed by atoms with E-state index in [0.29, 0.717) is 52.6 Å². The summed E-state index contributed by atoms with van der Waals surface area (Å²) in [6.45, 7) is 8.22. The number of aliphatic hydroxyl groups is 1. The fraction of sp³-hybridized carbons (Fsp3) is 0.484. The monoisotopic (exact) mass is 611 g/mol. The average Bonchev–Trinajstić information content (AvgIpc) is 3.59. The maximum Gasteiger partial charge on any atom is 0.333 e. The molecule has 1 aromatic carbocycles. The third-order valence-electron chi connectivity index (χ3n) is 7.90. The Labute approximate surface area is 252 Å². The Bertz CT molecular complexity index is 1730. The summed E-state index contributed by atoms with van der Waals surface area (Å²) in [5.41, 5.74) is -2.04. The highest BCUT2D eigenvalue weighted by Crippen LogP contribution is 2.38. The van der Waals surface area contributed by atoms with Crippen LogP contribution in [0.2, 0.25) is 0 Å². The van der Waals surface area contributed by atoms with Crippen molar-refractivity contribution in [1.82, 2.24) is 14.1 Å². The van der Waals surface area contributed by atoms with Gasteiger partial charge >= 0.3 is 11.7 Å². The van der Waals surface area contributed by atoms with E-state index in [1.54, 1.807) is 6.92 Å². The van der Waals surface area contributed by atoms with Gasteiger partial charge in [0, 0.05) is 5.56 Å². The summed E-state index contributed by atoms with van der Waals surface area (Å²) < 4.78 is 20.6. The van der Waals surface area contributed by atoms with E-state index in [4.69, 9.17) is 13.9 Å². The first-order valence-corrected chi connectivity index (χ1v) is 15.2. The number of benzene rings is 1. The van der Waals surface area contributed by atoms with Crippen LogP contribution in [0.25, 0.3) is 21.0 Å². The molecule has 1 saturated carbocycles. The van der Waals surface area contributed by atoms with Gasteiger partial charge in [-0.25, -0.2) is 19.1 Å². The van der Waals surface area contributed by atoms with Crippen LogP contribution >= 0.6 is 11.3 Å². The fourth-order valence-corrected chi connectivity index (χ4v) is 6.78. The summed E-state index contributed by atoms with van der Waals surface area (Å²) in [4.78, 5) is 45.7. The third-order valence-corrected chi connectivity index (χ3v) is 9.20. The fourth-order valence-electron chi connectivity index (χ4n) is 5.54. The number of nitrogens with zero attached hydrogens (tertiary/aromatic N) is 3. The van der Waals surface area contributed by atoms with Gasteiger partial charge in [0.1, 0.15) is 28.5 Å². The van der Waals surface area contributed by atoms with Gasteiger partial charge in [-0.2, -0.15) is 0 Å². The quantitative estimate of drug-likeness (QED) is 0.257. The summed E-state index contributed by atoms with van der Waals surface area (Å²) in [6, 6.07) is 7.46. The lowest BCUT2D eigenvalue weighted by molar-refractivity contribution is -0.146. The second kappa shape index (κ2) is 12.1. The maximum atomic E-state index is 14.2. The first-order valence-electron chi connectivity index (χ1n) is 14.4. The molecule has 1 fully saturated rings. The minimum absolute atomic E-state index is 0.0200. The molecular formula is C31H37N3O8S. The van der Waals surface area contributed by atoms with Crippen molar-refractivity contribution in [2.24, 2.45) is 0 Å². The van der Waals surface area contributed by atoms with Gasteiger partial charge in [-0.15, -0.1) is 11.3 Å². The van der Waals surface area contributed by atoms with Crippen LogP contribution in [0.3, 0.4) is 0 Å². The van der Waals surface area contributed by atoms with Crippen molar-refractivity contribution in [2.75, 3.05) is 0 Å². The number of aliphatic carboxylic acids is 1. The number of aliphatic hydroxyl groups excluding tert-OH is 1. The lowest BCUT2D eigenvalue weighted by Crippen LogP contribution is -2.52. The van der Waals surface area contributed by atoms with Gasteiger partial charge in [-0.3, -0.25) is 9.36 Å². The zero-order chi connectivity index (χ0) is 31.1. The van der Waals surface area contributed by atoms with Crippen molar-refractivity contribution in [3.8, 4) is 16.5 Å². The first-order chi connectivity index (χ1) is 20.4. The Balaban J connectivity index is 1.74. The highest BCUT2D eigenvalue weighted by Gasteiger charge is 2.36. The number of fused-ring (bicyclic) bond motifs is 1. The number of oxazole rings is 1. The van der Waals surface area contributed by atoms with Crippen LogP contribution in [0, 0.1) is 6.92 Å². The lowest BCUT2D eigenvalue weighted by Gasteiger charge is -2.31. The molecule has 0 amide bonds. The molecule has 230 valence electrons. The summed E-state index contributed by atoms with van der Waals surface area (Å²) in [7, 11) is 0. The summed E-state index contributed by atoms with van der Waals surface area (Å²) >= 11 is 1.19. The van der Waals surface area contributed by atoms with Crippen molar-refractivity contribution in [1.29, 1.82) is 0 Å². The van der Waals surface area contributed by atoms with Gasteiger partial charge in [-0.1, -0.05) is 18.2 Å². The number of hydrogen-bond donors (Lipinski definition) is 2. The van der Waals surface area contributed by atoms with Crippen molar-refractivity contribution in [2.45, 2.75) is 96.8 Å². The lowest BCUT2D eigenvalue weighted by atomic mass is 9.94. The topological polar surface area (TPSA) is 146 Å². The molecule has 0 radical (unpaired) electrons. The van der Waals surface area contributed by atoms with E-state index in [9.17, 15) is 24.6 Å². The number of carboxylic acids is 1. The molecule has 0 spiro atoms. The highest BCUT2D eigenvalue weighted by molar-refractivity contribution is 7.22. The summed E-state index contributed by atoms with van der Waals surface area (Å²) in [5.74, 6) is -0.419. The van der Waals surface area contributed by atoms with Crippen molar-refractivity contribution >= 4 is 27.5 Å². The second-order valence-corrected chi connectivity index (χ2v) is 12.7. The zero-order valence-corrected chi connectivity index (χ0v) is 25.7. The molecule has 0 bridgehead atoms. The van der Waals surface area contributed by atoms with Gasteiger partial charge in [0.2, 0.25) is 5.89 Å². The van der Waals surface area contributed by atoms with Gasteiger partial charge in [0.25, 0.3) is 5.56 Å². The molecular weight excluding hydrogens is 574 g/mol. The standard InChI is InChI=1S/C31H37N3O8S/c1-17(2)41-22-9-7-6-8-21(22)23(42-20-12-10-19(35)11-13-20)16-33-28-24(18(3)25(43-28)26-32-14-15-40-26)27(36)34(30(33)39)31(4,5)29(37)38/h6-9,14-15,17,19-20,23,35H,10-13,16H2,1-5H3,(H,37,38)/t19?,20?,23-/m1/s1. The molecule has 4 aromatic rings. The largest absolute Gasteiger partial charge is 0.491 e. The van der Waals surface area contributed by atoms with Crippen LogP contribution in [-0.4, -0.2) is 48.6 Å². The first kappa shape index (κ1) is 30.7. The molecule has 1 aliphatic carbocycles. The number of carbonyl (C=O) groups is 1. The Morgan fingerprint density at radius 3 is 2.51 bits per heavy atom. The number of carboxylic acid groups (broad SMARTS) is 1. The van der Waals surface area contributed by atoms with E-state index in [1.807, 2.05) is 38.1 Å². The summed E-state index contributed by atoms with van der Waals surface area (Å²) in [5, 5.41) is 20.4. The van der Waals surface area contributed by atoms with Crippen LogP contribution in [0.1, 0.15) is 70.6 Å². The van der Waals surface area contributed by atoms with Crippen LogP contribution in [0.5, 0.6) is 5.75 Å². The third kappa shape index (κ3) is 5.91. The molecule has 1 atom stereocenters. The Morgan fingerprint density at radius 1 is 1.19 bits per heavy atom. The van der Waals surface area contributed by atoms with Gasteiger partial charge in [0.05, 0.1) is 41.3 Å². The van der Waals surface area contributed by atoms with Crippen molar-refractivity contribution < 1.29 is 28.9 Å². The molecule has 3 aromatic heterocycles. The number of thiophene rings is 1. The van der Waals surface area contributed by atoms with E-state index in [2.05, 4.69) is 4.98 Å². The SMILES string of the molecule is Cc1c(-c2ncco2)sc2c1c(=O)n(C(C)(C)C(=O)O)c(=O)n2C[C@@H](OC1CCC(O)CC1)c1ccccc1OC(C)C. The number of hydrogen-bond acceptors (Lipinski definition) is 9. The smallest absolute Gasteiger partial charge is 0.333 e. The van der Waals surface area contributed by atoms with Gasteiger partial charge in [0.15, 0.2) is 0 Å². The van der Waals surface area contributed by atoms with E-state index in [-0.39, 0.29) is 30.2 Å². The molecule has 5 rings (SSSR count). The molecule has 0 saturated heterocycles. The average molecular weight is 612 g/mol. The normalized spacial score (nSPS) is 18.3. The minimum atomic E-state index is -1.84. The van der Waals surface area contributed by atoms with Crippen LogP contribution in [0.4, 0.5) is 0 Å². The van der Waals surface area contributed by atoms with E-state index in [1.165, 1.54) is 42.2 Å². The Hall–Kier alpha value is -3.74. The molecule has 0 aliphatic heterocycles. The predicted molar refractivity (Wildman–Crippen MR) is 162 cm³/mol. The second-order valence-electron chi connectivity index (χ2n) is 11.7. The molecule has 12 heteroatoms. The van der Waals surface area contributed by atoms with E-state index in [0.717, 1.165) is 10.1 Å². The van der Waals surface area contributed by atoms with Crippen LogP contribution in [-0.2, 0) is 21.6 Å².